The first-order valence-electron chi connectivity index (χ1n) is 7.09. The van der Waals surface area contributed by atoms with Gasteiger partial charge in [0.25, 0.3) is 0 Å². The Morgan fingerprint density at radius 3 is 2.35 bits per heavy atom. The van der Waals surface area contributed by atoms with Gasteiger partial charge in [0.2, 0.25) is 0 Å². The van der Waals surface area contributed by atoms with Crippen LogP contribution in [-0.2, 0) is 25.2 Å². The smallest absolute Gasteiger partial charge is 0.340 e. The lowest BCUT2D eigenvalue weighted by atomic mass is 10.2. The van der Waals surface area contributed by atoms with E-state index in [4.69, 9.17) is 38.0 Å². The molecule has 0 fully saturated rings. The van der Waals surface area contributed by atoms with E-state index in [1.165, 1.54) is 4.67 Å². The molecule has 0 aromatic heterocycles. The summed E-state index contributed by atoms with van der Waals surface area (Å²) in [4.78, 5) is 11.6. The molecule has 0 bridgehead atoms. The Kier molecular flexibility index (Phi) is 9.79. The number of alkyl halides is 2. The molecule has 0 spiro atoms. The number of ether oxygens (including phenoxy) is 1. The van der Waals surface area contributed by atoms with E-state index in [2.05, 4.69) is 0 Å². The van der Waals surface area contributed by atoms with Gasteiger partial charge in [0.05, 0.1) is 13.0 Å². The Morgan fingerprint density at radius 2 is 1.78 bits per heavy atom. The van der Waals surface area contributed by atoms with Gasteiger partial charge in [0.15, 0.2) is 0 Å². The Morgan fingerprint density at radius 1 is 1.17 bits per heavy atom. The van der Waals surface area contributed by atoms with E-state index >= 15 is 0 Å². The number of rotatable bonds is 11. The standard InChI is InChI=1S/C14H21Cl2N2O4P/c15-7-9-18(10-8-16)23(17,20)22-11-6-14(19)21-12-13-4-2-1-3-5-13/h1-5H,6-12H2,(H2,17,20)/t23-/m1/s1. The Hall–Kier alpha value is -0.620. The number of halogens is 2. The van der Waals surface area contributed by atoms with Crippen LogP contribution in [0.25, 0.3) is 0 Å². The SMILES string of the molecule is N[P@@](=O)(OCCC(=O)OCc1ccccc1)N(CCCl)CCCl. The maximum atomic E-state index is 12.3. The molecule has 23 heavy (non-hydrogen) atoms. The van der Waals surface area contributed by atoms with Crippen LogP contribution in [0.15, 0.2) is 30.3 Å². The fourth-order valence-electron chi connectivity index (χ4n) is 1.74. The van der Waals surface area contributed by atoms with Gasteiger partial charge in [-0.3, -0.25) is 9.36 Å². The highest BCUT2D eigenvalue weighted by molar-refractivity contribution is 7.53. The lowest BCUT2D eigenvalue weighted by Crippen LogP contribution is -2.30. The van der Waals surface area contributed by atoms with Crippen LogP contribution in [0, 0.1) is 0 Å². The van der Waals surface area contributed by atoms with Crippen molar-refractivity contribution in [3.8, 4) is 0 Å². The second kappa shape index (κ2) is 11.0. The first-order valence-corrected chi connectivity index (χ1v) is 9.81. The predicted octanol–water partition coefficient (Wildman–Crippen LogP) is 2.98. The fourth-order valence-corrected chi connectivity index (χ4v) is 3.65. The number of hydrogen-bond donors (Lipinski definition) is 1. The van der Waals surface area contributed by atoms with Crippen molar-refractivity contribution < 1.29 is 18.6 Å². The molecule has 0 radical (unpaired) electrons. The summed E-state index contributed by atoms with van der Waals surface area (Å²) in [5.74, 6) is 0.0521. The summed E-state index contributed by atoms with van der Waals surface area (Å²) < 4.78 is 23.9. The van der Waals surface area contributed by atoms with Crippen molar-refractivity contribution in [2.45, 2.75) is 13.0 Å². The molecule has 1 atom stereocenters. The van der Waals surface area contributed by atoms with Crippen LogP contribution in [0.4, 0.5) is 0 Å². The molecule has 9 heteroatoms. The van der Waals surface area contributed by atoms with Crippen molar-refractivity contribution in [1.29, 1.82) is 0 Å². The van der Waals surface area contributed by atoms with Gasteiger partial charge in [0.1, 0.15) is 6.61 Å². The normalized spacial score (nSPS) is 13.7. The Labute approximate surface area is 146 Å². The predicted molar refractivity (Wildman–Crippen MR) is 91.6 cm³/mol. The van der Waals surface area contributed by atoms with Crippen molar-refractivity contribution in [3.05, 3.63) is 35.9 Å². The molecule has 0 unspecified atom stereocenters. The summed E-state index contributed by atoms with van der Waals surface area (Å²) in [5, 5.41) is 0. The molecular weight excluding hydrogens is 362 g/mol. The summed E-state index contributed by atoms with van der Waals surface area (Å²) in [6.07, 6.45) is -0.0381. The summed E-state index contributed by atoms with van der Waals surface area (Å²) in [6.45, 7) is 0.675. The molecule has 0 amide bonds. The van der Waals surface area contributed by atoms with Crippen LogP contribution in [-0.4, -0.2) is 42.1 Å². The average molecular weight is 383 g/mol. The van der Waals surface area contributed by atoms with E-state index in [9.17, 15) is 9.36 Å². The summed E-state index contributed by atoms with van der Waals surface area (Å²) >= 11 is 11.3. The minimum Gasteiger partial charge on any atom is -0.461 e. The maximum absolute atomic E-state index is 12.3. The molecule has 130 valence electrons. The van der Waals surface area contributed by atoms with Gasteiger partial charge in [-0.2, -0.15) is 0 Å². The lowest BCUT2D eigenvalue weighted by Gasteiger charge is -2.26. The molecule has 0 aliphatic rings. The third kappa shape index (κ3) is 8.15. The first kappa shape index (κ1) is 20.4. The maximum Gasteiger partial charge on any atom is 0.340 e. The minimum absolute atomic E-state index is 0.0381. The van der Waals surface area contributed by atoms with E-state index < -0.39 is 13.6 Å². The molecule has 0 aliphatic heterocycles. The monoisotopic (exact) mass is 382 g/mol. The molecule has 2 N–H and O–H groups in total. The van der Waals surface area contributed by atoms with Gasteiger partial charge in [-0.25, -0.2) is 10.2 Å². The molecule has 0 aliphatic carbocycles. The van der Waals surface area contributed by atoms with Gasteiger partial charge in [-0.1, -0.05) is 30.3 Å². The molecule has 0 saturated heterocycles. The van der Waals surface area contributed by atoms with Gasteiger partial charge in [0, 0.05) is 24.8 Å². The van der Waals surface area contributed by atoms with Crippen molar-refractivity contribution in [3.63, 3.8) is 0 Å². The number of nitrogens with zero attached hydrogens (tertiary/aromatic N) is 1. The van der Waals surface area contributed by atoms with Crippen molar-refractivity contribution in [2.24, 2.45) is 5.50 Å². The molecular formula is C14H21Cl2N2O4P. The van der Waals surface area contributed by atoms with E-state index in [-0.39, 0.29) is 31.4 Å². The van der Waals surface area contributed by atoms with Gasteiger partial charge in [-0.15, -0.1) is 23.2 Å². The fraction of sp³-hybridized carbons (Fsp3) is 0.500. The minimum atomic E-state index is -3.51. The van der Waals surface area contributed by atoms with Crippen LogP contribution in [0.2, 0.25) is 0 Å². The third-order valence-electron chi connectivity index (χ3n) is 2.90. The summed E-state index contributed by atoms with van der Waals surface area (Å²) in [7, 11) is -3.51. The zero-order valence-corrected chi connectivity index (χ0v) is 15.1. The number of carbonyl (C=O) groups is 1. The van der Waals surface area contributed by atoms with Gasteiger partial charge < -0.3 is 9.26 Å². The van der Waals surface area contributed by atoms with E-state index in [1.54, 1.807) is 0 Å². The zero-order chi connectivity index (χ0) is 17.1. The van der Waals surface area contributed by atoms with E-state index in [1.807, 2.05) is 30.3 Å². The van der Waals surface area contributed by atoms with Crippen LogP contribution in [0.5, 0.6) is 0 Å². The number of hydrogen-bond acceptors (Lipinski definition) is 4. The summed E-state index contributed by atoms with van der Waals surface area (Å²) in [5.41, 5.74) is 6.56. The summed E-state index contributed by atoms with van der Waals surface area (Å²) in [6, 6.07) is 9.31. The number of nitrogens with two attached hydrogens (primary N) is 1. The molecule has 1 aromatic rings. The Bertz CT molecular complexity index is 513. The molecule has 1 rings (SSSR count). The van der Waals surface area contributed by atoms with Crippen LogP contribution in [0.3, 0.4) is 0 Å². The molecule has 0 heterocycles. The number of benzene rings is 1. The van der Waals surface area contributed by atoms with E-state index in [0.29, 0.717) is 13.1 Å². The third-order valence-corrected chi connectivity index (χ3v) is 4.98. The van der Waals surface area contributed by atoms with Crippen molar-refractivity contribution in [1.82, 2.24) is 4.67 Å². The highest BCUT2D eigenvalue weighted by atomic mass is 35.5. The Balaban J connectivity index is 2.33. The molecule has 0 saturated carbocycles. The second-order valence-corrected chi connectivity index (χ2v) is 7.33. The van der Waals surface area contributed by atoms with Crippen LogP contribution in [0.1, 0.15) is 12.0 Å². The topological polar surface area (TPSA) is 81.9 Å². The highest BCUT2D eigenvalue weighted by Crippen LogP contribution is 2.42. The highest BCUT2D eigenvalue weighted by Gasteiger charge is 2.26. The number of esters is 1. The van der Waals surface area contributed by atoms with Gasteiger partial charge >= 0.3 is 13.6 Å². The first-order chi connectivity index (χ1) is 11.0. The van der Waals surface area contributed by atoms with Crippen LogP contribution < -0.4 is 5.50 Å². The van der Waals surface area contributed by atoms with Crippen LogP contribution >= 0.6 is 30.9 Å². The van der Waals surface area contributed by atoms with Crippen molar-refractivity contribution >= 4 is 36.8 Å². The lowest BCUT2D eigenvalue weighted by molar-refractivity contribution is -0.145. The zero-order valence-electron chi connectivity index (χ0n) is 12.7. The van der Waals surface area contributed by atoms with Crippen molar-refractivity contribution in [2.75, 3.05) is 31.5 Å². The van der Waals surface area contributed by atoms with Gasteiger partial charge in [-0.05, 0) is 5.56 Å². The number of carbonyl (C=O) groups excluding carboxylic acids is 1. The molecule has 6 nitrogen and oxygen atoms in total. The largest absolute Gasteiger partial charge is 0.461 e. The second-order valence-electron chi connectivity index (χ2n) is 4.63. The average Bonchev–Trinajstić information content (AvgIpc) is 2.53. The molecule has 1 aromatic carbocycles. The quantitative estimate of drug-likeness (QED) is 0.360. The van der Waals surface area contributed by atoms with E-state index in [0.717, 1.165) is 5.56 Å².